The van der Waals surface area contributed by atoms with Crippen molar-refractivity contribution in [1.29, 1.82) is 0 Å². The van der Waals surface area contributed by atoms with Gasteiger partial charge in [-0.2, -0.15) is 9.97 Å². The molecule has 0 unspecified atom stereocenters. The first kappa shape index (κ1) is 43.0. The number of nitrogen functional groups attached to an aromatic ring is 1. The van der Waals surface area contributed by atoms with Crippen LogP contribution in [0.3, 0.4) is 0 Å². The van der Waals surface area contributed by atoms with E-state index < -0.39 is 11.2 Å². The van der Waals surface area contributed by atoms with Gasteiger partial charge in [-0.05, 0) is 98.8 Å². The summed E-state index contributed by atoms with van der Waals surface area (Å²) in [5, 5.41) is 3.60. The van der Waals surface area contributed by atoms with E-state index in [4.69, 9.17) is 24.9 Å². The molecule has 4 fully saturated rings. The highest BCUT2D eigenvalue weighted by Crippen LogP contribution is 2.30. The summed E-state index contributed by atoms with van der Waals surface area (Å²) < 4.78 is 17.2. The van der Waals surface area contributed by atoms with Crippen molar-refractivity contribution in [3.05, 3.63) is 6.07 Å². The van der Waals surface area contributed by atoms with Crippen LogP contribution in [0, 0.1) is 5.92 Å². The molecule has 0 atom stereocenters. The molecule has 3 heterocycles. The molecule has 0 radical (unpaired) electrons. The lowest BCUT2D eigenvalue weighted by molar-refractivity contribution is 0.00979. The molecule has 2 aliphatic heterocycles. The van der Waals surface area contributed by atoms with E-state index in [1.54, 1.807) is 0 Å². The van der Waals surface area contributed by atoms with E-state index in [2.05, 4.69) is 25.0 Å². The predicted octanol–water partition coefficient (Wildman–Crippen LogP) is 6.07. The van der Waals surface area contributed by atoms with Gasteiger partial charge in [0.05, 0.1) is 13.2 Å². The summed E-state index contributed by atoms with van der Waals surface area (Å²) >= 11 is 0. The molecule has 2 saturated heterocycles. The fourth-order valence-electron chi connectivity index (χ4n) is 8.29. The van der Waals surface area contributed by atoms with Gasteiger partial charge in [0.1, 0.15) is 22.8 Å². The van der Waals surface area contributed by atoms with Gasteiger partial charge in [-0.3, -0.25) is 9.80 Å². The number of piperazine rings is 1. The van der Waals surface area contributed by atoms with Crippen LogP contribution in [-0.4, -0.2) is 150 Å². The highest BCUT2D eigenvalue weighted by molar-refractivity contribution is 5.69. The summed E-state index contributed by atoms with van der Waals surface area (Å²) in [4.78, 5) is 47.3. The van der Waals surface area contributed by atoms with Gasteiger partial charge in [-0.25, -0.2) is 9.59 Å². The van der Waals surface area contributed by atoms with E-state index in [0.29, 0.717) is 43.7 Å². The third kappa shape index (κ3) is 14.7. The van der Waals surface area contributed by atoms with Gasteiger partial charge in [-0.15, -0.1) is 0 Å². The molecule has 312 valence electrons. The molecule has 5 rings (SSSR count). The first-order chi connectivity index (χ1) is 26.2. The van der Waals surface area contributed by atoms with Crippen LogP contribution in [0.25, 0.3) is 0 Å². The maximum atomic E-state index is 13.4. The zero-order valence-corrected chi connectivity index (χ0v) is 35.0. The van der Waals surface area contributed by atoms with E-state index in [1.807, 2.05) is 57.4 Å². The minimum absolute atomic E-state index is 0.193. The summed E-state index contributed by atoms with van der Waals surface area (Å²) in [5.74, 6) is 2.51. The van der Waals surface area contributed by atoms with Crippen molar-refractivity contribution in [1.82, 2.24) is 29.6 Å². The highest BCUT2D eigenvalue weighted by Gasteiger charge is 2.31. The van der Waals surface area contributed by atoms with Crippen LogP contribution in [0.4, 0.5) is 27.2 Å². The monoisotopic (exact) mass is 772 g/mol. The summed E-state index contributed by atoms with van der Waals surface area (Å²) in [6.45, 7) is 23.0. The molecule has 4 aliphatic rings. The van der Waals surface area contributed by atoms with Crippen molar-refractivity contribution in [3.63, 3.8) is 0 Å². The SMILES string of the molecule is CC(C)(C)OC(=O)N(CCCN(C(=O)OC(C)(C)C)C1CCCCC1)CCC1CCC(Nc2nc(N)cc(N3CCN(CCN4CCOCC4)CC3)n2)CC1. The molecule has 55 heavy (non-hydrogen) atoms. The second-order valence-corrected chi connectivity index (χ2v) is 18.2. The molecular formula is C41H73N9O5. The predicted molar refractivity (Wildman–Crippen MR) is 219 cm³/mol. The average Bonchev–Trinajstić information content (AvgIpc) is 3.13. The average molecular weight is 772 g/mol. The van der Waals surface area contributed by atoms with E-state index in [9.17, 15) is 9.59 Å². The Balaban J connectivity index is 1.08. The molecule has 3 N–H and O–H groups in total. The zero-order chi connectivity index (χ0) is 39.4. The van der Waals surface area contributed by atoms with E-state index in [0.717, 1.165) is 129 Å². The topological polar surface area (TPSA) is 142 Å². The molecule has 0 bridgehead atoms. The number of amides is 2. The fourth-order valence-corrected chi connectivity index (χ4v) is 8.29. The second kappa shape index (κ2) is 20.4. The first-order valence-corrected chi connectivity index (χ1v) is 21.4. The number of hydrogen-bond acceptors (Lipinski definition) is 12. The van der Waals surface area contributed by atoms with Crippen LogP contribution in [0.15, 0.2) is 6.07 Å². The Kier molecular flexibility index (Phi) is 15.9. The van der Waals surface area contributed by atoms with Crippen molar-refractivity contribution in [2.24, 2.45) is 5.92 Å². The van der Waals surface area contributed by atoms with Gasteiger partial charge in [0, 0.05) is 90.1 Å². The Hall–Kier alpha value is -3.10. The summed E-state index contributed by atoms with van der Waals surface area (Å²) in [5.41, 5.74) is 5.17. The third-order valence-corrected chi connectivity index (χ3v) is 11.4. The van der Waals surface area contributed by atoms with Gasteiger partial charge in [0.25, 0.3) is 0 Å². The normalized spacial score (nSPS) is 22.3. The lowest BCUT2D eigenvalue weighted by Gasteiger charge is -2.37. The quantitative estimate of drug-likeness (QED) is 0.227. The number of nitrogens with one attached hydrogen (secondary N) is 1. The van der Waals surface area contributed by atoms with Crippen molar-refractivity contribution < 1.29 is 23.8 Å². The van der Waals surface area contributed by atoms with Crippen molar-refractivity contribution in [3.8, 4) is 0 Å². The number of nitrogens with zero attached hydrogens (tertiary/aromatic N) is 7. The van der Waals surface area contributed by atoms with Crippen LogP contribution in [0.5, 0.6) is 0 Å². The number of hydrogen-bond donors (Lipinski definition) is 2. The molecule has 2 aliphatic carbocycles. The minimum Gasteiger partial charge on any atom is -0.444 e. The number of aromatic nitrogens is 2. The Morgan fingerprint density at radius 3 is 2.05 bits per heavy atom. The van der Waals surface area contributed by atoms with Crippen LogP contribution in [0.2, 0.25) is 0 Å². The molecule has 2 amide bonds. The number of anilines is 3. The molecule has 1 aromatic heterocycles. The Labute approximate surface area is 331 Å². The van der Waals surface area contributed by atoms with Gasteiger partial charge < -0.3 is 40.0 Å². The first-order valence-electron chi connectivity index (χ1n) is 21.4. The smallest absolute Gasteiger partial charge is 0.410 e. The van der Waals surface area contributed by atoms with E-state index in [1.165, 1.54) is 6.42 Å². The maximum absolute atomic E-state index is 13.4. The fraction of sp³-hybridized carbons (Fsp3) is 0.854. The minimum atomic E-state index is -0.579. The van der Waals surface area contributed by atoms with Crippen LogP contribution < -0.4 is 16.0 Å². The van der Waals surface area contributed by atoms with Gasteiger partial charge in [0.15, 0.2) is 0 Å². The van der Waals surface area contributed by atoms with Crippen molar-refractivity contribution in [2.75, 3.05) is 101 Å². The standard InChI is InChI=1S/C41H73N9O5/c1-40(2,3)54-38(51)49(18-10-19-50(34-11-8-7-9-12-34)39(52)55-41(4,5)6)20-17-32-13-15-33(16-14-32)43-37-44-35(42)31-36(45-37)48-25-23-46(24-26-48)21-22-47-27-29-53-30-28-47/h31-34H,7-30H2,1-6H3,(H3,42,43,44,45). The third-order valence-electron chi connectivity index (χ3n) is 11.4. The molecule has 14 nitrogen and oxygen atoms in total. The number of rotatable bonds is 14. The summed E-state index contributed by atoms with van der Waals surface area (Å²) in [6.07, 6.45) is 10.7. The van der Waals surface area contributed by atoms with E-state index in [-0.39, 0.29) is 24.3 Å². The van der Waals surface area contributed by atoms with Gasteiger partial charge >= 0.3 is 12.2 Å². The van der Waals surface area contributed by atoms with E-state index >= 15 is 0 Å². The maximum Gasteiger partial charge on any atom is 0.410 e. The summed E-state index contributed by atoms with van der Waals surface area (Å²) in [6, 6.07) is 2.37. The lowest BCUT2D eigenvalue weighted by atomic mass is 9.84. The molecule has 14 heteroatoms. The van der Waals surface area contributed by atoms with Crippen LogP contribution in [0.1, 0.15) is 112 Å². The number of nitrogens with two attached hydrogens (primary N) is 1. The Morgan fingerprint density at radius 2 is 1.42 bits per heavy atom. The van der Waals surface area contributed by atoms with Gasteiger partial charge in [0.2, 0.25) is 5.95 Å². The molecule has 0 spiro atoms. The van der Waals surface area contributed by atoms with Crippen molar-refractivity contribution in [2.45, 2.75) is 135 Å². The van der Waals surface area contributed by atoms with Gasteiger partial charge in [-0.1, -0.05) is 19.3 Å². The number of ether oxygens (including phenoxy) is 3. The highest BCUT2D eigenvalue weighted by atomic mass is 16.6. The molecule has 0 aromatic carbocycles. The summed E-state index contributed by atoms with van der Waals surface area (Å²) in [7, 11) is 0. The number of carbonyl (C=O) groups excluding carboxylic acids is 2. The number of carbonyl (C=O) groups is 2. The Morgan fingerprint density at radius 1 is 0.800 bits per heavy atom. The Bertz CT molecular complexity index is 1330. The largest absolute Gasteiger partial charge is 0.444 e. The number of morpholine rings is 1. The lowest BCUT2D eigenvalue weighted by Crippen LogP contribution is -2.49. The molecule has 1 aromatic rings. The second-order valence-electron chi connectivity index (χ2n) is 18.2. The van der Waals surface area contributed by atoms with Crippen LogP contribution >= 0.6 is 0 Å². The molecule has 2 saturated carbocycles. The zero-order valence-electron chi connectivity index (χ0n) is 35.0. The van der Waals surface area contributed by atoms with Crippen molar-refractivity contribution >= 4 is 29.8 Å². The van der Waals surface area contributed by atoms with Crippen LogP contribution in [-0.2, 0) is 14.2 Å². The molecular weight excluding hydrogens is 699 g/mol.